The van der Waals surface area contributed by atoms with Crippen LogP contribution in [0, 0.1) is 17.5 Å². The van der Waals surface area contributed by atoms with E-state index in [1.54, 1.807) is 13.8 Å². The second kappa shape index (κ2) is 5.01. The zero-order chi connectivity index (χ0) is 12.3. The molecule has 0 unspecified atom stereocenters. The van der Waals surface area contributed by atoms with Crippen molar-refractivity contribution in [2.24, 2.45) is 0 Å². The molecule has 0 aliphatic heterocycles. The molecule has 1 rings (SSSR count). The molecular weight excluding hydrogens is 219 g/mol. The molecule has 0 aliphatic rings. The zero-order valence-electron chi connectivity index (χ0n) is 9.06. The normalized spacial score (nSPS) is 10.3. The van der Waals surface area contributed by atoms with Crippen LogP contribution in [0.1, 0.15) is 24.2 Å². The summed E-state index contributed by atoms with van der Waals surface area (Å²) in [5, 5.41) is 0. The summed E-state index contributed by atoms with van der Waals surface area (Å²) in [6.45, 7) is 4.21. The molecule has 2 nitrogen and oxygen atoms in total. The maximum Gasteiger partial charge on any atom is 0.256 e. The summed E-state index contributed by atoms with van der Waals surface area (Å²) in [6.07, 6.45) is 0. The van der Waals surface area contributed by atoms with Crippen molar-refractivity contribution < 1.29 is 18.0 Å². The molecule has 0 spiro atoms. The van der Waals surface area contributed by atoms with Crippen LogP contribution in [0.15, 0.2) is 12.1 Å². The Morgan fingerprint density at radius 1 is 1.12 bits per heavy atom. The van der Waals surface area contributed by atoms with E-state index in [0.29, 0.717) is 13.1 Å². The summed E-state index contributed by atoms with van der Waals surface area (Å²) in [4.78, 5) is 13.0. The largest absolute Gasteiger partial charge is 0.339 e. The van der Waals surface area contributed by atoms with Gasteiger partial charge in [-0.15, -0.1) is 0 Å². The predicted molar refractivity (Wildman–Crippen MR) is 53.6 cm³/mol. The first kappa shape index (κ1) is 12.5. The standard InChI is InChI=1S/C11H12F3NO/c1-3-15(4-2)11(16)7-5-6-8(12)10(14)9(7)13/h5-6H,3-4H2,1-2H3. The molecule has 0 aliphatic carbocycles. The lowest BCUT2D eigenvalue weighted by Gasteiger charge is -2.18. The van der Waals surface area contributed by atoms with Crippen molar-refractivity contribution in [3.63, 3.8) is 0 Å². The number of rotatable bonds is 3. The van der Waals surface area contributed by atoms with E-state index in [2.05, 4.69) is 0 Å². The van der Waals surface area contributed by atoms with Crippen LogP contribution in [0.2, 0.25) is 0 Å². The van der Waals surface area contributed by atoms with E-state index in [-0.39, 0.29) is 0 Å². The van der Waals surface area contributed by atoms with Gasteiger partial charge >= 0.3 is 0 Å². The van der Waals surface area contributed by atoms with E-state index in [4.69, 9.17) is 0 Å². The summed E-state index contributed by atoms with van der Waals surface area (Å²) in [5.74, 6) is -4.98. The van der Waals surface area contributed by atoms with Crippen LogP contribution in [0.25, 0.3) is 0 Å². The van der Waals surface area contributed by atoms with Crippen molar-refractivity contribution in [3.05, 3.63) is 35.1 Å². The van der Waals surface area contributed by atoms with Crippen molar-refractivity contribution in [1.82, 2.24) is 4.90 Å². The van der Waals surface area contributed by atoms with Gasteiger partial charge in [-0.25, -0.2) is 13.2 Å². The maximum absolute atomic E-state index is 13.3. The second-order valence-electron chi connectivity index (χ2n) is 3.20. The summed E-state index contributed by atoms with van der Waals surface area (Å²) in [7, 11) is 0. The van der Waals surface area contributed by atoms with Crippen molar-refractivity contribution in [2.45, 2.75) is 13.8 Å². The Kier molecular flexibility index (Phi) is 3.93. The second-order valence-corrected chi connectivity index (χ2v) is 3.20. The Hall–Kier alpha value is -1.52. The van der Waals surface area contributed by atoms with Crippen LogP contribution in [0.3, 0.4) is 0 Å². The van der Waals surface area contributed by atoms with Crippen LogP contribution in [0.5, 0.6) is 0 Å². The highest BCUT2D eigenvalue weighted by Crippen LogP contribution is 2.16. The first-order chi connectivity index (χ1) is 7.52. The average Bonchev–Trinajstić information content (AvgIpc) is 2.27. The number of nitrogens with zero attached hydrogens (tertiary/aromatic N) is 1. The summed E-state index contributed by atoms with van der Waals surface area (Å²) >= 11 is 0. The van der Waals surface area contributed by atoms with Crippen molar-refractivity contribution in [3.8, 4) is 0 Å². The topological polar surface area (TPSA) is 20.3 Å². The molecule has 0 atom stereocenters. The molecule has 0 N–H and O–H groups in total. The predicted octanol–water partition coefficient (Wildman–Crippen LogP) is 2.59. The molecule has 0 bridgehead atoms. The van der Waals surface area contributed by atoms with Gasteiger partial charge in [0.05, 0.1) is 5.56 Å². The molecule has 88 valence electrons. The van der Waals surface area contributed by atoms with Gasteiger partial charge in [0.2, 0.25) is 0 Å². The first-order valence-electron chi connectivity index (χ1n) is 4.95. The van der Waals surface area contributed by atoms with E-state index >= 15 is 0 Å². The molecule has 0 saturated carbocycles. The number of carbonyl (C=O) groups is 1. The minimum absolute atomic E-state index is 0.383. The average molecular weight is 231 g/mol. The number of benzene rings is 1. The molecule has 0 aromatic heterocycles. The fraction of sp³-hybridized carbons (Fsp3) is 0.364. The number of amides is 1. The quantitative estimate of drug-likeness (QED) is 0.732. The molecule has 0 fully saturated rings. The Morgan fingerprint density at radius 2 is 1.69 bits per heavy atom. The van der Waals surface area contributed by atoms with Crippen LogP contribution in [0.4, 0.5) is 13.2 Å². The van der Waals surface area contributed by atoms with Gasteiger partial charge in [0, 0.05) is 13.1 Å². The fourth-order valence-corrected chi connectivity index (χ4v) is 1.37. The number of carbonyl (C=O) groups excluding carboxylic acids is 1. The molecular formula is C11H12F3NO. The molecule has 0 saturated heterocycles. The van der Waals surface area contributed by atoms with E-state index in [9.17, 15) is 18.0 Å². The van der Waals surface area contributed by atoms with Crippen molar-refractivity contribution in [1.29, 1.82) is 0 Å². The Balaban J connectivity index is 3.14. The van der Waals surface area contributed by atoms with E-state index in [1.165, 1.54) is 4.90 Å². The molecule has 5 heteroatoms. The van der Waals surface area contributed by atoms with Gasteiger partial charge in [-0.3, -0.25) is 4.79 Å². The minimum Gasteiger partial charge on any atom is -0.339 e. The summed E-state index contributed by atoms with van der Waals surface area (Å²) in [5.41, 5.74) is -0.442. The van der Waals surface area contributed by atoms with E-state index in [1.807, 2.05) is 0 Å². The molecule has 1 aromatic rings. The lowest BCUT2D eigenvalue weighted by molar-refractivity contribution is 0.0767. The van der Waals surface area contributed by atoms with Gasteiger partial charge in [-0.2, -0.15) is 0 Å². The SMILES string of the molecule is CCN(CC)C(=O)c1ccc(F)c(F)c1F. The molecule has 16 heavy (non-hydrogen) atoms. The molecule has 0 radical (unpaired) electrons. The van der Waals surface area contributed by atoms with Crippen LogP contribution in [-0.4, -0.2) is 23.9 Å². The highest BCUT2D eigenvalue weighted by Gasteiger charge is 2.21. The zero-order valence-corrected chi connectivity index (χ0v) is 9.06. The third kappa shape index (κ3) is 2.18. The van der Waals surface area contributed by atoms with Crippen LogP contribution >= 0.6 is 0 Å². The van der Waals surface area contributed by atoms with Gasteiger partial charge in [0.15, 0.2) is 17.5 Å². The number of hydrogen-bond donors (Lipinski definition) is 0. The van der Waals surface area contributed by atoms with Crippen LogP contribution in [-0.2, 0) is 0 Å². The molecule has 1 aromatic carbocycles. The lowest BCUT2D eigenvalue weighted by atomic mass is 10.1. The van der Waals surface area contributed by atoms with Gasteiger partial charge in [-0.1, -0.05) is 0 Å². The van der Waals surface area contributed by atoms with Crippen molar-refractivity contribution in [2.75, 3.05) is 13.1 Å². The third-order valence-electron chi connectivity index (χ3n) is 2.32. The molecule has 1 amide bonds. The van der Waals surface area contributed by atoms with E-state index < -0.39 is 28.9 Å². The Labute approximate surface area is 91.7 Å². The summed E-state index contributed by atoms with van der Waals surface area (Å²) < 4.78 is 38.8. The third-order valence-corrected chi connectivity index (χ3v) is 2.32. The van der Waals surface area contributed by atoms with Crippen molar-refractivity contribution >= 4 is 5.91 Å². The van der Waals surface area contributed by atoms with Gasteiger partial charge in [0.25, 0.3) is 5.91 Å². The maximum atomic E-state index is 13.3. The molecule has 0 heterocycles. The minimum atomic E-state index is -1.61. The van der Waals surface area contributed by atoms with E-state index in [0.717, 1.165) is 12.1 Å². The first-order valence-corrected chi connectivity index (χ1v) is 4.95. The van der Waals surface area contributed by atoms with Gasteiger partial charge in [-0.05, 0) is 26.0 Å². The highest BCUT2D eigenvalue weighted by atomic mass is 19.2. The Morgan fingerprint density at radius 3 is 2.19 bits per heavy atom. The number of halogens is 3. The Bertz CT molecular complexity index is 402. The monoisotopic (exact) mass is 231 g/mol. The fourth-order valence-electron chi connectivity index (χ4n) is 1.37. The highest BCUT2D eigenvalue weighted by molar-refractivity contribution is 5.94. The summed E-state index contributed by atoms with van der Waals surface area (Å²) in [6, 6.07) is 1.70. The van der Waals surface area contributed by atoms with Crippen LogP contribution < -0.4 is 0 Å². The lowest BCUT2D eigenvalue weighted by Crippen LogP contribution is -2.31. The smallest absolute Gasteiger partial charge is 0.256 e. The van der Waals surface area contributed by atoms with Gasteiger partial charge in [0.1, 0.15) is 0 Å². The van der Waals surface area contributed by atoms with Gasteiger partial charge < -0.3 is 4.90 Å². The number of hydrogen-bond acceptors (Lipinski definition) is 1.